The molecule has 2 amide bonds. The third kappa shape index (κ3) is 5.57. The van der Waals surface area contributed by atoms with Crippen molar-refractivity contribution in [3.63, 3.8) is 0 Å². The first-order valence-corrected chi connectivity index (χ1v) is 12.9. The molecule has 0 radical (unpaired) electrons. The second-order valence-corrected chi connectivity index (χ2v) is 10.1. The lowest BCUT2D eigenvalue weighted by Gasteiger charge is -2.28. The summed E-state index contributed by atoms with van der Waals surface area (Å²) in [5.41, 5.74) is 4.06. The molecular formula is C26H29N5O3S. The predicted octanol–water partition coefficient (Wildman–Crippen LogP) is 4.22. The highest BCUT2D eigenvalue weighted by molar-refractivity contribution is 8.00. The van der Waals surface area contributed by atoms with Crippen LogP contribution >= 0.6 is 11.8 Å². The maximum Gasteiger partial charge on any atom is 0.234 e. The zero-order chi connectivity index (χ0) is 24.2. The van der Waals surface area contributed by atoms with Crippen molar-refractivity contribution in [1.29, 1.82) is 0 Å². The van der Waals surface area contributed by atoms with Gasteiger partial charge in [-0.3, -0.25) is 14.6 Å². The Bertz CT molecular complexity index is 1250. The molecule has 3 N–H and O–H groups in total. The van der Waals surface area contributed by atoms with Gasteiger partial charge >= 0.3 is 0 Å². The van der Waals surface area contributed by atoms with E-state index in [1.54, 1.807) is 37.2 Å². The molecule has 3 aromatic rings. The highest BCUT2D eigenvalue weighted by atomic mass is 32.2. The number of pyridine rings is 2. The lowest BCUT2D eigenvalue weighted by atomic mass is 9.81. The van der Waals surface area contributed by atoms with E-state index in [1.807, 2.05) is 12.1 Å². The minimum atomic E-state index is -0.0274. The molecule has 8 nitrogen and oxygen atoms in total. The summed E-state index contributed by atoms with van der Waals surface area (Å²) in [5, 5.41) is 9.59. The summed E-state index contributed by atoms with van der Waals surface area (Å²) in [6.07, 6.45) is 5.59. The summed E-state index contributed by atoms with van der Waals surface area (Å²) in [6.45, 7) is 1.59. The van der Waals surface area contributed by atoms with Crippen LogP contribution in [0.1, 0.15) is 31.2 Å². The number of nitrogens with zero attached hydrogens (tertiary/aromatic N) is 2. The number of nitrogens with one attached hydrogen (secondary N) is 3. The first kappa shape index (κ1) is 23.6. The predicted molar refractivity (Wildman–Crippen MR) is 138 cm³/mol. The van der Waals surface area contributed by atoms with Crippen LogP contribution in [0.25, 0.3) is 11.0 Å². The Morgan fingerprint density at radius 1 is 1.23 bits per heavy atom. The third-order valence-electron chi connectivity index (χ3n) is 6.62. The number of amides is 2. The number of carbonyl (C=O) groups is 2. The van der Waals surface area contributed by atoms with E-state index in [-0.39, 0.29) is 17.7 Å². The Morgan fingerprint density at radius 2 is 2.14 bits per heavy atom. The third-order valence-corrected chi connectivity index (χ3v) is 7.69. The summed E-state index contributed by atoms with van der Waals surface area (Å²) in [6, 6.07) is 11.6. The maximum atomic E-state index is 13.1. The molecule has 1 fully saturated rings. The maximum absolute atomic E-state index is 13.1. The van der Waals surface area contributed by atoms with E-state index in [1.165, 1.54) is 0 Å². The summed E-state index contributed by atoms with van der Waals surface area (Å²) in [7, 11) is 1.57. The quantitative estimate of drug-likeness (QED) is 0.454. The van der Waals surface area contributed by atoms with E-state index in [0.29, 0.717) is 28.8 Å². The fourth-order valence-corrected chi connectivity index (χ4v) is 5.62. The van der Waals surface area contributed by atoms with Gasteiger partial charge in [-0.25, -0.2) is 4.98 Å². The number of methoxy groups -OCH3 is 1. The van der Waals surface area contributed by atoms with Crippen LogP contribution in [0.3, 0.4) is 0 Å². The minimum absolute atomic E-state index is 0.0274. The normalized spacial score (nSPS) is 19.6. The molecule has 9 heteroatoms. The highest BCUT2D eigenvalue weighted by Crippen LogP contribution is 2.33. The highest BCUT2D eigenvalue weighted by Gasteiger charge is 2.27. The second-order valence-electron chi connectivity index (χ2n) is 9.10. The number of hydrogen-bond acceptors (Lipinski definition) is 7. The zero-order valence-corrected chi connectivity index (χ0v) is 20.5. The van der Waals surface area contributed by atoms with Crippen molar-refractivity contribution in [3.05, 3.63) is 48.2 Å². The van der Waals surface area contributed by atoms with Crippen molar-refractivity contribution in [1.82, 2.24) is 15.3 Å². The number of ether oxygens (including phenoxy) is 1. The number of hydrogen-bond donors (Lipinski definition) is 3. The first-order valence-electron chi connectivity index (χ1n) is 12.0. The van der Waals surface area contributed by atoms with Crippen LogP contribution in [0, 0.1) is 11.8 Å². The fourth-order valence-electron chi connectivity index (χ4n) is 4.83. The smallest absolute Gasteiger partial charge is 0.234 e. The number of fused-ring (bicyclic) bond motifs is 2. The monoisotopic (exact) mass is 491 g/mol. The van der Waals surface area contributed by atoms with E-state index in [2.05, 4.69) is 38.1 Å². The van der Waals surface area contributed by atoms with Crippen LogP contribution in [0.5, 0.6) is 5.88 Å². The molecule has 3 heterocycles. The Labute approximate surface area is 208 Å². The first-order chi connectivity index (χ1) is 17.1. The van der Waals surface area contributed by atoms with E-state index >= 15 is 0 Å². The molecule has 2 atom stereocenters. The van der Waals surface area contributed by atoms with Gasteiger partial charge in [0, 0.05) is 29.6 Å². The van der Waals surface area contributed by atoms with Gasteiger partial charge in [-0.15, -0.1) is 11.8 Å². The Morgan fingerprint density at radius 3 is 3.03 bits per heavy atom. The molecule has 1 saturated carbocycles. The molecule has 35 heavy (non-hydrogen) atoms. The molecule has 5 rings (SSSR count). The Hall–Kier alpha value is -3.17. The van der Waals surface area contributed by atoms with Crippen molar-refractivity contribution in [3.8, 4) is 5.88 Å². The molecule has 2 unspecified atom stereocenters. The van der Waals surface area contributed by atoms with Crippen molar-refractivity contribution in [2.24, 2.45) is 11.8 Å². The summed E-state index contributed by atoms with van der Waals surface area (Å²) < 4.78 is 5.24. The van der Waals surface area contributed by atoms with Crippen LogP contribution < -0.4 is 20.7 Å². The Kier molecular flexibility index (Phi) is 7.15. The van der Waals surface area contributed by atoms with E-state index in [9.17, 15) is 9.59 Å². The molecule has 1 aliphatic heterocycles. The lowest BCUT2D eigenvalue weighted by Crippen LogP contribution is -2.32. The largest absolute Gasteiger partial charge is 0.481 e. The van der Waals surface area contributed by atoms with Gasteiger partial charge in [0.2, 0.25) is 17.7 Å². The van der Waals surface area contributed by atoms with Crippen LogP contribution in [0.15, 0.2) is 47.5 Å². The minimum Gasteiger partial charge on any atom is -0.481 e. The molecule has 0 bridgehead atoms. The number of carbonyl (C=O) groups excluding carboxylic acids is 2. The average molecular weight is 492 g/mol. The number of thioether (sulfide) groups is 1. The number of aromatic nitrogens is 2. The van der Waals surface area contributed by atoms with E-state index < -0.39 is 0 Å². The van der Waals surface area contributed by atoms with Crippen molar-refractivity contribution < 1.29 is 14.3 Å². The molecule has 1 aliphatic carbocycles. The number of anilines is 2. The second kappa shape index (κ2) is 10.6. The van der Waals surface area contributed by atoms with E-state index in [4.69, 9.17) is 4.74 Å². The SMILES string of the molecule is COc1ccc2nccc(NC(=O)C3CCCC(CNCc4ccc5c(c4)NC(=O)CS5)C3)c2n1. The van der Waals surface area contributed by atoms with Crippen LogP contribution in [-0.2, 0) is 16.1 Å². The number of rotatable bonds is 7. The van der Waals surface area contributed by atoms with Gasteiger partial charge in [0.1, 0.15) is 5.52 Å². The van der Waals surface area contributed by atoms with Crippen LogP contribution in [0.2, 0.25) is 0 Å². The van der Waals surface area contributed by atoms with Gasteiger partial charge in [-0.2, -0.15) is 0 Å². The molecule has 2 aromatic heterocycles. The van der Waals surface area contributed by atoms with Gasteiger partial charge in [-0.1, -0.05) is 12.5 Å². The zero-order valence-electron chi connectivity index (χ0n) is 19.7. The van der Waals surface area contributed by atoms with Gasteiger partial charge in [0.25, 0.3) is 0 Å². The molecule has 2 aliphatic rings. The number of benzene rings is 1. The topological polar surface area (TPSA) is 105 Å². The standard InChI is InChI=1S/C26H29N5O3S/c1-34-24-8-6-19-25(31-24)20(9-10-28-19)30-26(33)18-4-2-3-16(11-18)13-27-14-17-5-7-22-21(12-17)29-23(32)15-35-22/h5-10,12,16,18,27H,2-4,11,13-15H2,1H3,(H,29,32)(H,28,30,33). The van der Waals surface area contributed by atoms with Crippen LogP contribution in [-0.4, -0.2) is 41.2 Å². The molecule has 1 aromatic carbocycles. The average Bonchev–Trinajstić information content (AvgIpc) is 2.88. The van der Waals surface area contributed by atoms with Gasteiger partial charge < -0.3 is 20.7 Å². The Balaban J connectivity index is 1.16. The molecular weight excluding hydrogens is 462 g/mol. The summed E-state index contributed by atoms with van der Waals surface area (Å²) in [4.78, 5) is 34.7. The van der Waals surface area contributed by atoms with E-state index in [0.717, 1.165) is 60.4 Å². The molecule has 0 saturated heterocycles. The lowest BCUT2D eigenvalue weighted by molar-refractivity contribution is -0.121. The molecule has 0 spiro atoms. The summed E-state index contributed by atoms with van der Waals surface area (Å²) >= 11 is 1.57. The van der Waals surface area contributed by atoms with Crippen molar-refractivity contribution >= 4 is 46.0 Å². The van der Waals surface area contributed by atoms with Crippen molar-refractivity contribution in [2.75, 3.05) is 30.0 Å². The van der Waals surface area contributed by atoms with Crippen LogP contribution in [0.4, 0.5) is 11.4 Å². The summed E-state index contributed by atoms with van der Waals surface area (Å²) in [5.74, 6) is 1.47. The van der Waals surface area contributed by atoms with Crippen molar-refractivity contribution in [2.45, 2.75) is 37.1 Å². The molecule has 182 valence electrons. The van der Waals surface area contributed by atoms with Gasteiger partial charge in [0.15, 0.2) is 0 Å². The van der Waals surface area contributed by atoms with Gasteiger partial charge in [-0.05, 0) is 61.6 Å². The van der Waals surface area contributed by atoms with Gasteiger partial charge in [0.05, 0.1) is 29.8 Å². The fraction of sp³-hybridized carbons (Fsp3) is 0.385.